The Labute approximate surface area is 118 Å². The highest BCUT2D eigenvalue weighted by atomic mass is 16.5. The van der Waals surface area contributed by atoms with Crippen LogP contribution < -0.4 is 5.73 Å². The van der Waals surface area contributed by atoms with Crippen LogP contribution in [0.1, 0.15) is 55.7 Å². The van der Waals surface area contributed by atoms with Crippen molar-refractivity contribution in [3.05, 3.63) is 17.6 Å². The van der Waals surface area contributed by atoms with E-state index in [1.54, 1.807) is 0 Å². The highest BCUT2D eigenvalue weighted by molar-refractivity contribution is 5.92. The van der Waals surface area contributed by atoms with Crippen LogP contribution in [0.3, 0.4) is 0 Å². The number of carboxylic acid groups (broad SMARTS) is 1. The standard InChI is InChI=1S/C14H21N3O3/c1-3-20-14(6-4-5-9(2)7-14)13-16-8-10(12(18)19)11(15)17-13/h8-9H,3-7H2,1-2H3,(H,18,19)(H2,15,16,17). The SMILES string of the molecule is CCOC1(c2ncc(C(=O)O)c(N)n2)CCCC(C)C1. The topological polar surface area (TPSA) is 98.3 Å². The van der Waals surface area contributed by atoms with E-state index in [2.05, 4.69) is 16.9 Å². The van der Waals surface area contributed by atoms with Gasteiger partial charge in [0.1, 0.15) is 17.0 Å². The summed E-state index contributed by atoms with van der Waals surface area (Å²) in [7, 11) is 0. The second-order valence-corrected chi connectivity index (χ2v) is 5.43. The third-order valence-electron chi connectivity index (χ3n) is 3.83. The number of aromatic nitrogens is 2. The van der Waals surface area contributed by atoms with Gasteiger partial charge in [-0.2, -0.15) is 0 Å². The number of hydrogen-bond acceptors (Lipinski definition) is 5. The lowest BCUT2D eigenvalue weighted by molar-refractivity contribution is -0.0880. The third kappa shape index (κ3) is 2.75. The minimum Gasteiger partial charge on any atom is -0.477 e. The van der Waals surface area contributed by atoms with Crippen molar-refractivity contribution in [3.63, 3.8) is 0 Å². The van der Waals surface area contributed by atoms with Gasteiger partial charge in [0.2, 0.25) is 0 Å². The first-order chi connectivity index (χ1) is 9.48. The summed E-state index contributed by atoms with van der Waals surface area (Å²) in [5.41, 5.74) is 5.14. The van der Waals surface area contributed by atoms with Crippen LogP contribution in [-0.4, -0.2) is 27.7 Å². The molecule has 0 radical (unpaired) electrons. The lowest BCUT2D eigenvalue weighted by Crippen LogP contribution is -2.37. The average Bonchev–Trinajstić information content (AvgIpc) is 2.38. The van der Waals surface area contributed by atoms with Gasteiger partial charge in [-0.05, 0) is 32.1 Å². The minimum absolute atomic E-state index is 0.000181. The second-order valence-electron chi connectivity index (χ2n) is 5.43. The average molecular weight is 279 g/mol. The van der Waals surface area contributed by atoms with E-state index in [1.165, 1.54) is 6.20 Å². The predicted octanol–water partition coefficient (Wildman–Crippen LogP) is 2.20. The van der Waals surface area contributed by atoms with Crippen molar-refractivity contribution in [1.29, 1.82) is 0 Å². The van der Waals surface area contributed by atoms with E-state index in [0.717, 1.165) is 25.7 Å². The molecule has 0 bridgehead atoms. The summed E-state index contributed by atoms with van der Waals surface area (Å²) in [6, 6.07) is 0. The molecule has 6 heteroatoms. The van der Waals surface area contributed by atoms with Crippen LogP contribution in [0.15, 0.2) is 6.20 Å². The number of rotatable bonds is 4. The molecule has 2 rings (SSSR count). The number of carbonyl (C=O) groups is 1. The van der Waals surface area contributed by atoms with Gasteiger partial charge in [0.15, 0.2) is 5.82 Å². The molecule has 1 aromatic heterocycles. The third-order valence-corrected chi connectivity index (χ3v) is 3.83. The molecule has 1 heterocycles. The number of nitrogens with two attached hydrogens (primary N) is 1. The molecular formula is C14H21N3O3. The van der Waals surface area contributed by atoms with Crippen LogP contribution in [0.5, 0.6) is 0 Å². The Morgan fingerprint density at radius 1 is 1.65 bits per heavy atom. The first-order valence-corrected chi connectivity index (χ1v) is 6.98. The van der Waals surface area contributed by atoms with Crippen molar-refractivity contribution in [1.82, 2.24) is 9.97 Å². The van der Waals surface area contributed by atoms with Gasteiger partial charge in [-0.1, -0.05) is 13.3 Å². The monoisotopic (exact) mass is 279 g/mol. The van der Waals surface area contributed by atoms with Gasteiger partial charge in [0.25, 0.3) is 0 Å². The Kier molecular flexibility index (Phi) is 4.23. The summed E-state index contributed by atoms with van der Waals surface area (Å²) >= 11 is 0. The molecule has 1 saturated carbocycles. The van der Waals surface area contributed by atoms with Crippen LogP contribution in [0.4, 0.5) is 5.82 Å². The maximum Gasteiger partial charge on any atom is 0.341 e. The van der Waals surface area contributed by atoms with Gasteiger partial charge in [0, 0.05) is 12.8 Å². The molecule has 1 aliphatic rings. The van der Waals surface area contributed by atoms with Crippen LogP contribution in [0, 0.1) is 5.92 Å². The van der Waals surface area contributed by atoms with E-state index < -0.39 is 11.6 Å². The molecule has 1 aliphatic carbocycles. The van der Waals surface area contributed by atoms with Crippen molar-refractivity contribution in [2.24, 2.45) is 5.92 Å². The Morgan fingerprint density at radius 2 is 2.40 bits per heavy atom. The number of anilines is 1. The molecule has 1 fully saturated rings. The van der Waals surface area contributed by atoms with E-state index in [-0.39, 0.29) is 11.4 Å². The molecule has 0 saturated heterocycles. The normalized spacial score (nSPS) is 26.4. The first-order valence-electron chi connectivity index (χ1n) is 6.98. The van der Waals surface area contributed by atoms with E-state index in [9.17, 15) is 4.79 Å². The van der Waals surface area contributed by atoms with Gasteiger partial charge in [-0.15, -0.1) is 0 Å². The molecular weight excluding hydrogens is 258 g/mol. The van der Waals surface area contributed by atoms with Crippen LogP contribution in [0.25, 0.3) is 0 Å². The molecule has 2 atom stereocenters. The van der Waals surface area contributed by atoms with Crippen molar-refractivity contribution in [2.75, 3.05) is 12.3 Å². The maximum absolute atomic E-state index is 11.0. The lowest BCUT2D eigenvalue weighted by Gasteiger charge is -2.38. The highest BCUT2D eigenvalue weighted by Crippen LogP contribution is 2.41. The van der Waals surface area contributed by atoms with Crippen molar-refractivity contribution in [2.45, 2.75) is 45.1 Å². The van der Waals surface area contributed by atoms with Gasteiger partial charge >= 0.3 is 5.97 Å². The summed E-state index contributed by atoms with van der Waals surface area (Å²) in [6.45, 7) is 4.69. The fraction of sp³-hybridized carbons (Fsp3) is 0.643. The molecule has 3 N–H and O–H groups in total. The zero-order chi connectivity index (χ0) is 14.8. The van der Waals surface area contributed by atoms with Crippen LogP contribution in [-0.2, 0) is 10.3 Å². The van der Waals surface area contributed by atoms with E-state index in [1.807, 2.05) is 6.92 Å². The zero-order valence-electron chi connectivity index (χ0n) is 11.9. The largest absolute Gasteiger partial charge is 0.477 e. The molecule has 20 heavy (non-hydrogen) atoms. The summed E-state index contributed by atoms with van der Waals surface area (Å²) in [5.74, 6) is -0.0796. The smallest absolute Gasteiger partial charge is 0.341 e. The quantitative estimate of drug-likeness (QED) is 0.876. The Hall–Kier alpha value is -1.69. The van der Waals surface area contributed by atoms with Crippen molar-refractivity contribution >= 4 is 11.8 Å². The number of nitrogens with zero attached hydrogens (tertiary/aromatic N) is 2. The predicted molar refractivity (Wildman–Crippen MR) is 74.3 cm³/mol. The molecule has 110 valence electrons. The molecule has 2 unspecified atom stereocenters. The summed E-state index contributed by atoms with van der Waals surface area (Å²) in [4.78, 5) is 19.4. The summed E-state index contributed by atoms with van der Waals surface area (Å²) in [5, 5.41) is 8.99. The van der Waals surface area contributed by atoms with Gasteiger partial charge in [0.05, 0.1) is 0 Å². The molecule has 0 spiro atoms. The maximum atomic E-state index is 11.0. The fourth-order valence-electron chi connectivity index (χ4n) is 2.96. The summed E-state index contributed by atoms with van der Waals surface area (Å²) in [6.07, 6.45) is 5.17. The minimum atomic E-state index is -1.11. The van der Waals surface area contributed by atoms with Crippen LogP contribution in [0.2, 0.25) is 0 Å². The molecule has 6 nitrogen and oxygen atoms in total. The Bertz CT molecular complexity index is 502. The number of aromatic carboxylic acids is 1. The number of nitrogen functional groups attached to an aromatic ring is 1. The number of ether oxygens (including phenoxy) is 1. The molecule has 1 aromatic rings. The first kappa shape index (κ1) is 14.7. The summed E-state index contributed by atoms with van der Waals surface area (Å²) < 4.78 is 5.95. The van der Waals surface area contributed by atoms with Crippen molar-refractivity contribution < 1.29 is 14.6 Å². The van der Waals surface area contributed by atoms with Gasteiger partial charge < -0.3 is 15.6 Å². The molecule has 0 aliphatic heterocycles. The van der Waals surface area contributed by atoms with Gasteiger partial charge in [-0.3, -0.25) is 0 Å². The second kappa shape index (κ2) is 5.75. The van der Waals surface area contributed by atoms with Crippen LogP contribution >= 0.6 is 0 Å². The van der Waals surface area contributed by atoms with Crippen molar-refractivity contribution in [3.8, 4) is 0 Å². The van der Waals surface area contributed by atoms with E-state index >= 15 is 0 Å². The Balaban J connectivity index is 2.39. The van der Waals surface area contributed by atoms with E-state index in [0.29, 0.717) is 18.3 Å². The fourth-order valence-corrected chi connectivity index (χ4v) is 2.96. The number of hydrogen-bond donors (Lipinski definition) is 2. The number of carboxylic acids is 1. The highest BCUT2D eigenvalue weighted by Gasteiger charge is 2.40. The molecule has 0 amide bonds. The van der Waals surface area contributed by atoms with Gasteiger partial charge in [-0.25, -0.2) is 14.8 Å². The molecule has 0 aromatic carbocycles. The Morgan fingerprint density at radius 3 is 2.95 bits per heavy atom. The van der Waals surface area contributed by atoms with E-state index in [4.69, 9.17) is 15.6 Å². The lowest BCUT2D eigenvalue weighted by atomic mass is 9.78. The zero-order valence-corrected chi connectivity index (χ0v) is 11.9.